The molecule has 2 aromatic carbocycles. The van der Waals surface area contributed by atoms with Crippen LogP contribution in [0, 0.1) is 0 Å². The maximum absolute atomic E-state index is 11.8. The van der Waals surface area contributed by atoms with Gasteiger partial charge in [-0.05, 0) is 62.3 Å². The monoisotopic (exact) mass is 355 g/mol. The van der Waals surface area contributed by atoms with Crippen LogP contribution < -0.4 is 4.74 Å². The molecule has 1 aliphatic heterocycles. The zero-order chi connectivity index (χ0) is 18.7. The number of carboxylic acid groups (broad SMARTS) is 1. The SMILES string of the molecule is CN(C)CCCC1(O)c2ccccc2COc2ccc(CC(=O)O)cc21. The van der Waals surface area contributed by atoms with Gasteiger partial charge < -0.3 is 19.8 Å². The molecule has 2 N–H and O–H groups in total. The van der Waals surface area contributed by atoms with Crippen molar-refractivity contribution in [3.63, 3.8) is 0 Å². The van der Waals surface area contributed by atoms with E-state index in [2.05, 4.69) is 4.90 Å². The standard InChI is InChI=1S/C21H25NO4/c1-22(2)11-5-10-21(25)17-7-4-3-6-16(17)14-26-19-9-8-15(12-18(19)21)13-20(23)24/h3-4,6-9,12,25H,5,10-11,13-14H2,1-2H3,(H,23,24). The quantitative estimate of drug-likeness (QED) is 0.834. The average molecular weight is 355 g/mol. The van der Waals surface area contributed by atoms with Gasteiger partial charge in [0.15, 0.2) is 0 Å². The van der Waals surface area contributed by atoms with Crippen molar-refractivity contribution in [3.05, 3.63) is 64.7 Å². The third-order valence-corrected chi connectivity index (χ3v) is 4.83. The Kier molecular flexibility index (Phi) is 5.30. The molecule has 0 aliphatic carbocycles. The number of nitrogens with zero attached hydrogens (tertiary/aromatic N) is 1. The first-order valence-electron chi connectivity index (χ1n) is 8.83. The van der Waals surface area contributed by atoms with Crippen molar-refractivity contribution in [2.45, 2.75) is 31.5 Å². The topological polar surface area (TPSA) is 70.0 Å². The summed E-state index contributed by atoms with van der Waals surface area (Å²) in [5.74, 6) is -0.279. The third kappa shape index (κ3) is 3.74. The number of aliphatic hydroxyl groups is 1. The van der Waals surface area contributed by atoms with Crippen LogP contribution in [0.15, 0.2) is 42.5 Å². The summed E-state index contributed by atoms with van der Waals surface area (Å²) in [5, 5.41) is 20.9. The molecule has 0 fully saturated rings. The van der Waals surface area contributed by atoms with Crippen molar-refractivity contribution in [2.75, 3.05) is 20.6 Å². The molecule has 0 spiro atoms. The van der Waals surface area contributed by atoms with Crippen LogP contribution in [0.5, 0.6) is 5.75 Å². The first-order valence-corrected chi connectivity index (χ1v) is 8.83. The van der Waals surface area contributed by atoms with Gasteiger partial charge in [-0.3, -0.25) is 4.79 Å². The maximum Gasteiger partial charge on any atom is 0.307 e. The first-order chi connectivity index (χ1) is 12.4. The van der Waals surface area contributed by atoms with Crippen LogP contribution in [0.3, 0.4) is 0 Å². The van der Waals surface area contributed by atoms with E-state index < -0.39 is 11.6 Å². The molecule has 138 valence electrons. The number of ether oxygens (including phenoxy) is 1. The molecular formula is C21H25NO4. The molecule has 0 saturated heterocycles. The van der Waals surface area contributed by atoms with E-state index in [0.717, 1.165) is 24.1 Å². The molecule has 2 aromatic rings. The number of carboxylic acids is 1. The van der Waals surface area contributed by atoms with Gasteiger partial charge in [-0.1, -0.05) is 30.3 Å². The van der Waals surface area contributed by atoms with Crippen LogP contribution in [0.2, 0.25) is 0 Å². The second-order valence-corrected chi connectivity index (χ2v) is 7.11. The Labute approximate surface area is 153 Å². The van der Waals surface area contributed by atoms with E-state index in [4.69, 9.17) is 9.84 Å². The number of rotatable bonds is 6. The Morgan fingerprint density at radius 1 is 1.19 bits per heavy atom. The van der Waals surface area contributed by atoms with E-state index in [1.165, 1.54) is 0 Å². The van der Waals surface area contributed by atoms with E-state index in [1.807, 2.05) is 38.4 Å². The fourth-order valence-electron chi connectivity index (χ4n) is 3.58. The molecule has 0 aromatic heterocycles. The van der Waals surface area contributed by atoms with Crippen molar-refractivity contribution in [3.8, 4) is 5.75 Å². The minimum atomic E-state index is -1.20. The van der Waals surface area contributed by atoms with Crippen LogP contribution in [0.1, 0.15) is 35.1 Å². The van der Waals surface area contributed by atoms with Crippen LogP contribution in [-0.4, -0.2) is 41.7 Å². The fraction of sp³-hybridized carbons (Fsp3) is 0.381. The lowest BCUT2D eigenvalue weighted by Crippen LogP contribution is -2.29. The summed E-state index contributed by atoms with van der Waals surface area (Å²) >= 11 is 0. The van der Waals surface area contributed by atoms with E-state index in [-0.39, 0.29) is 6.42 Å². The van der Waals surface area contributed by atoms with E-state index in [1.54, 1.807) is 18.2 Å². The second-order valence-electron chi connectivity index (χ2n) is 7.11. The summed E-state index contributed by atoms with van der Waals surface area (Å²) < 4.78 is 5.94. The van der Waals surface area contributed by atoms with Gasteiger partial charge >= 0.3 is 5.97 Å². The highest BCUT2D eigenvalue weighted by molar-refractivity contribution is 5.70. The smallest absolute Gasteiger partial charge is 0.307 e. The fourth-order valence-corrected chi connectivity index (χ4v) is 3.58. The van der Waals surface area contributed by atoms with E-state index in [0.29, 0.717) is 29.9 Å². The zero-order valence-electron chi connectivity index (χ0n) is 15.2. The largest absolute Gasteiger partial charge is 0.488 e. The van der Waals surface area contributed by atoms with Crippen LogP contribution >= 0.6 is 0 Å². The summed E-state index contributed by atoms with van der Waals surface area (Å²) in [4.78, 5) is 13.2. The van der Waals surface area contributed by atoms with Crippen LogP contribution in [0.4, 0.5) is 0 Å². The summed E-state index contributed by atoms with van der Waals surface area (Å²) in [7, 11) is 4.01. The molecule has 0 bridgehead atoms. The number of hydrogen-bond acceptors (Lipinski definition) is 4. The van der Waals surface area contributed by atoms with Crippen molar-refractivity contribution < 1.29 is 19.7 Å². The van der Waals surface area contributed by atoms with Gasteiger partial charge in [-0.2, -0.15) is 0 Å². The number of hydrogen-bond donors (Lipinski definition) is 2. The Balaban J connectivity index is 2.08. The number of benzene rings is 2. The Morgan fingerprint density at radius 2 is 1.96 bits per heavy atom. The molecule has 0 radical (unpaired) electrons. The van der Waals surface area contributed by atoms with Crippen molar-refractivity contribution in [1.82, 2.24) is 4.90 Å². The van der Waals surface area contributed by atoms with Crippen molar-refractivity contribution >= 4 is 5.97 Å². The molecule has 1 heterocycles. The Bertz CT molecular complexity index is 802. The van der Waals surface area contributed by atoms with Crippen LogP contribution in [0.25, 0.3) is 0 Å². The molecule has 5 heteroatoms. The molecule has 1 atom stereocenters. The molecule has 0 amide bonds. The lowest BCUT2D eigenvalue weighted by atomic mass is 9.80. The predicted octanol–water partition coefficient (Wildman–Crippen LogP) is 2.78. The Hall–Kier alpha value is -2.37. The van der Waals surface area contributed by atoms with E-state index in [9.17, 15) is 9.90 Å². The van der Waals surface area contributed by atoms with Crippen molar-refractivity contribution in [1.29, 1.82) is 0 Å². The van der Waals surface area contributed by atoms with Gasteiger partial charge in [0, 0.05) is 5.56 Å². The summed E-state index contributed by atoms with van der Waals surface area (Å²) in [6, 6.07) is 13.1. The lowest BCUT2D eigenvalue weighted by Gasteiger charge is -2.31. The average Bonchev–Trinajstić information content (AvgIpc) is 2.70. The maximum atomic E-state index is 11.8. The number of carbonyl (C=O) groups is 1. The molecule has 3 rings (SSSR count). The Morgan fingerprint density at radius 3 is 2.69 bits per heavy atom. The highest BCUT2D eigenvalue weighted by atomic mass is 16.5. The molecule has 0 saturated carbocycles. The van der Waals surface area contributed by atoms with Gasteiger partial charge in [0.1, 0.15) is 18.0 Å². The lowest BCUT2D eigenvalue weighted by molar-refractivity contribution is -0.136. The minimum absolute atomic E-state index is 0.0807. The zero-order valence-corrected chi connectivity index (χ0v) is 15.2. The summed E-state index contributed by atoms with van der Waals surface area (Å²) in [6.07, 6.45) is 1.26. The van der Waals surface area contributed by atoms with Crippen molar-refractivity contribution in [2.24, 2.45) is 0 Å². The molecule has 1 unspecified atom stereocenters. The van der Waals surface area contributed by atoms with E-state index >= 15 is 0 Å². The van der Waals surface area contributed by atoms with Gasteiger partial charge in [-0.25, -0.2) is 0 Å². The molecule has 5 nitrogen and oxygen atoms in total. The minimum Gasteiger partial charge on any atom is -0.488 e. The summed E-state index contributed by atoms with van der Waals surface area (Å²) in [5.41, 5.74) is 1.90. The van der Waals surface area contributed by atoms with Gasteiger partial charge in [-0.15, -0.1) is 0 Å². The first kappa shape index (κ1) is 18.4. The normalized spacial score (nSPS) is 18.6. The van der Waals surface area contributed by atoms with Crippen LogP contribution in [-0.2, 0) is 23.4 Å². The second kappa shape index (κ2) is 7.48. The third-order valence-electron chi connectivity index (χ3n) is 4.83. The number of aliphatic carboxylic acids is 1. The highest BCUT2D eigenvalue weighted by Crippen LogP contribution is 2.43. The van der Waals surface area contributed by atoms with Gasteiger partial charge in [0.05, 0.1) is 6.42 Å². The highest BCUT2D eigenvalue weighted by Gasteiger charge is 2.38. The van der Waals surface area contributed by atoms with Gasteiger partial charge in [0.2, 0.25) is 0 Å². The molecule has 1 aliphatic rings. The summed E-state index contributed by atoms with van der Waals surface area (Å²) in [6.45, 7) is 1.24. The van der Waals surface area contributed by atoms with Gasteiger partial charge in [0.25, 0.3) is 0 Å². The predicted molar refractivity (Wildman–Crippen MR) is 99.3 cm³/mol. The number of fused-ring (bicyclic) bond motifs is 2. The molecule has 26 heavy (non-hydrogen) atoms. The molecular weight excluding hydrogens is 330 g/mol.